The van der Waals surface area contributed by atoms with Crippen molar-refractivity contribution in [1.29, 1.82) is 0 Å². The molecule has 0 bridgehead atoms. The lowest BCUT2D eigenvalue weighted by Gasteiger charge is -2.14. The van der Waals surface area contributed by atoms with E-state index in [1.54, 1.807) is 50.2 Å². The van der Waals surface area contributed by atoms with Crippen LogP contribution in [-0.2, 0) is 14.3 Å². The highest BCUT2D eigenvalue weighted by molar-refractivity contribution is 9.11. The molecule has 2 N–H and O–H groups in total. The third kappa shape index (κ3) is 6.69. The Labute approximate surface area is 169 Å². The van der Waals surface area contributed by atoms with Crippen LogP contribution >= 0.6 is 27.3 Å². The number of halogens is 1. The lowest BCUT2D eigenvalue weighted by molar-refractivity contribution is -0.145. The average molecular weight is 455 g/mol. The summed E-state index contributed by atoms with van der Waals surface area (Å²) in [5, 5.41) is 5.35. The first kappa shape index (κ1) is 20.9. The summed E-state index contributed by atoms with van der Waals surface area (Å²) < 4.78 is 11.0. The molecule has 2 rings (SSSR count). The summed E-state index contributed by atoms with van der Waals surface area (Å²) in [4.78, 5) is 36.3. The van der Waals surface area contributed by atoms with E-state index < -0.39 is 12.0 Å². The van der Waals surface area contributed by atoms with Gasteiger partial charge in [0.2, 0.25) is 5.91 Å². The number of benzene rings is 1. The highest BCUT2D eigenvalue weighted by atomic mass is 79.9. The zero-order chi connectivity index (χ0) is 19.8. The Balaban J connectivity index is 1.89. The molecule has 144 valence electrons. The summed E-state index contributed by atoms with van der Waals surface area (Å²) >= 11 is 4.58. The highest BCUT2D eigenvalue weighted by Crippen LogP contribution is 2.22. The number of nitrogens with one attached hydrogen (secondary N) is 2. The van der Waals surface area contributed by atoms with Gasteiger partial charge in [0.05, 0.1) is 15.3 Å². The minimum absolute atomic E-state index is 0.214. The molecule has 0 aliphatic rings. The molecule has 2 aromatic rings. The standard InChI is InChI=1S/C18H19BrN2O5S/c1-3-25-16(22)10-26-13-6-4-5-12(9-13)21-17(23)11(2)20-18(24)14-7-8-15(19)27-14/h4-9,11H,3,10H2,1-2H3,(H,20,24)(H,21,23). The predicted molar refractivity (Wildman–Crippen MR) is 106 cm³/mol. The lowest BCUT2D eigenvalue weighted by Crippen LogP contribution is -2.41. The fourth-order valence-corrected chi connectivity index (χ4v) is 3.32. The maximum absolute atomic E-state index is 12.3. The monoisotopic (exact) mass is 454 g/mol. The number of anilines is 1. The maximum atomic E-state index is 12.3. The molecule has 0 saturated carbocycles. The minimum atomic E-state index is -0.734. The summed E-state index contributed by atoms with van der Waals surface area (Å²) in [7, 11) is 0. The van der Waals surface area contributed by atoms with Crippen LogP contribution in [0.1, 0.15) is 23.5 Å². The van der Waals surface area contributed by atoms with Crippen molar-refractivity contribution in [2.24, 2.45) is 0 Å². The van der Waals surface area contributed by atoms with Crippen molar-refractivity contribution in [3.8, 4) is 5.75 Å². The van der Waals surface area contributed by atoms with E-state index in [1.165, 1.54) is 11.3 Å². The molecule has 1 atom stereocenters. The maximum Gasteiger partial charge on any atom is 0.344 e. The Kier molecular flexibility index (Phi) is 7.81. The van der Waals surface area contributed by atoms with Gasteiger partial charge in [0, 0.05) is 11.8 Å². The molecule has 2 amide bonds. The van der Waals surface area contributed by atoms with E-state index in [1.807, 2.05) is 0 Å². The number of carbonyl (C=O) groups is 3. The number of rotatable bonds is 8. The molecule has 0 saturated heterocycles. The van der Waals surface area contributed by atoms with Crippen molar-refractivity contribution in [1.82, 2.24) is 5.32 Å². The number of thiophene rings is 1. The van der Waals surface area contributed by atoms with Crippen molar-refractivity contribution in [3.63, 3.8) is 0 Å². The van der Waals surface area contributed by atoms with E-state index >= 15 is 0 Å². The van der Waals surface area contributed by atoms with Crippen LogP contribution in [0.2, 0.25) is 0 Å². The molecule has 0 aliphatic heterocycles. The summed E-state index contributed by atoms with van der Waals surface area (Å²) in [5.41, 5.74) is 0.487. The first-order valence-electron chi connectivity index (χ1n) is 8.14. The van der Waals surface area contributed by atoms with Gasteiger partial charge in [0.1, 0.15) is 11.8 Å². The summed E-state index contributed by atoms with van der Waals surface area (Å²) in [5.74, 6) is -0.745. The highest BCUT2D eigenvalue weighted by Gasteiger charge is 2.18. The van der Waals surface area contributed by atoms with Crippen LogP contribution in [0.25, 0.3) is 0 Å². The van der Waals surface area contributed by atoms with Crippen LogP contribution in [0.4, 0.5) is 5.69 Å². The van der Waals surface area contributed by atoms with E-state index in [9.17, 15) is 14.4 Å². The molecule has 1 heterocycles. The van der Waals surface area contributed by atoms with Gasteiger partial charge in [-0.25, -0.2) is 4.79 Å². The van der Waals surface area contributed by atoms with Gasteiger partial charge in [-0.15, -0.1) is 11.3 Å². The summed E-state index contributed by atoms with van der Waals surface area (Å²) in [6.07, 6.45) is 0. The SMILES string of the molecule is CCOC(=O)COc1cccc(NC(=O)C(C)NC(=O)c2ccc(Br)s2)c1. The zero-order valence-corrected chi connectivity index (χ0v) is 17.2. The predicted octanol–water partition coefficient (Wildman–Crippen LogP) is 3.21. The molecule has 1 aromatic heterocycles. The third-order valence-corrected chi connectivity index (χ3v) is 4.92. The molecule has 0 spiro atoms. The van der Waals surface area contributed by atoms with Crippen LogP contribution in [0.3, 0.4) is 0 Å². The van der Waals surface area contributed by atoms with Crippen molar-refractivity contribution in [3.05, 3.63) is 45.1 Å². The summed E-state index contributed by atoms with van der Waals surface area (Å²) in [6.45, 7) is 3.38. The van der Waals surface area contributed by atoms with Crippen molar-refractivity contribution >= 4 is 50.7 Å². The molecule has 9 heteroatoms. The average Bonchev–Trinajstić information content (AvgIpc) is 3.07. The number of esters is 1. The first-order chi connectivity index (χ1) is 12.9. The smallest absolute Gasteiger partial charge is 0.344 e. The second-order valence-electron chi connectivity index (χ2n) is 5.41. The Morgan fingerprint density at radius 1 is 1.22 bits per heavy atom. The quantitative estimate of drug-likeness (QED) is 0.597. The molecule has 1 aromatic carbocycles. The zero-order valence-electron chi connectivity index (χ0n) is 14.8. The topological polar surface area (TPSA) is 93.7 Å². The van der Waals surface area contributed by atoms with Gasteiger partial charge in [-0.3, -0.25) is 9.59 Å². The van der Waals surface area contributed by atoms with E-state index in [0.29, 0.717) is 16.3 Å². The second kappa shape index (κ2) is 10.1. The van der Waals surface area contributed by atoms with Gasteiger partial charge < -0.3 is 20.1 Å². The fraction of sp³-hybridized carbons (Fsp3) is 0.278. The number of hydrogen-bond acceptors (Lipinski definition) is 6. The number of ether oxygens (including phenoxy) is 2. The van der Waals surface area contributed by atoms with Crippen LogP contribution in [0.15, 0.2) is 40.2 Å². The first-order valence-corrected chi connectivity index (χ1v) is 9.75. The van der Waals surface area contributed by atoms with Crippen LogP contribution in [-0.4, -0.2) is 37.0 Å². The van der Waals surface area contributed by atoms with E-state index in [2.05, 4.69) is 26.6 Å². The van der Waals surface area contributed by atoms with Gasteiger partial charge in [0.25, 0.3) is 5.91 Å². The van der Waals surface area contributed by atoms with Gasteiger partial charge in [-0.1, -0.05) is 6.07 Å². The molecule has 0 fully saturated rings. The Hall–Kier alpha value is -2.39. The number of hydrogen-bond donors (Lipinski definition) is 2. The van der Waals surface area contributed by atoms with Gasteiger partial charge in [0.15, 0.2) is 6.61 Å². The van der Waals surface area contributed by atoms with E-state index in [-0.39, 0.29) is 25.0 Å². The molecule has 0 radical (unpaired) electrons. The van der Waals surface area contributed by atoms with Crippen LogP contribution < -0.4 is 15.4 Å². The normalized spacial score (nSPS) is 11.4. The Morgan fingerprint density at radius 3 is 2.67 bits per heavy atom. The van der Waals surface area contributed by atoms with Crippen molar-refractivity contribution in [2.45, 2.75) is 19.9 Å². The second-order valence-corrected chi connectivity index (χ2v) is 7.87. The lowest BCUT2D eigenvalue weighted by atomic mass is 10.2. The molecule has 7 nitrogen and oxygen atoms in total. The minimum Gasteiger partial charge on any atom is -0.482 e. The van der Waals surface area contributed by atoms with E-state index in [0.717, 1.165) is 3.79 Å². The fourth-order valence-electron chi connectivity index (χ4n) is 2.03. The van der Waals surface area contributed by atoms with Crippen LogP contribution in [0.5, 0.6) is 5.75 Å². The number of amides is 2. The van der Waals surface area contributed by atoms with E-state index in [4.69, 9.17) is 9.47 Å². The van der Waals surface area contributed by atoms with Gasteiger partial charge >= 0.3 is 5.97 Å². The van der Waals surface area contributed by atoms with Crippen LogP contribution in [0, 0.1) is 0 Å². The van der Waals surface area contributed by atoms with Gasteiger partial charge in [-0.05, 0) is 54.0 Å². The molecule has 1 unspecified atom stereocenters. The van der Waals surface area contributed by atoms with Gasteiger partial charge in [-0.2, -0.15) is 0 Å². The third-order valence-electron chi connectivity index (χ3n) is 3.30. The Bertz CT molecular complexity index is 824. The molecule has 0 aliphatic carbocycles. The molecule has 27 heavy (non-hydrogen) atoms. The largest absolute Gasteiger partial charge is 0.482 e. The number of carbonyl (C=O) groups excluding carboxylic acids is 3. The molecular formula is C18H19BrN2O5S. The summed E-state index contributed by atoms with van der Waals surface area (Å²) in [6, 6.07) is 9.33. The van der Waals surface area contributed by atoms with Crippen molar-refractivity contribution in [2.75, 3.05) is 18.5 Å². The van der Waals surface area contributed by atoms with Crippen molar-refractivity contribution < 1.29 is 23.9 Å². The Morgan fingerprint density at radius 2 is 2.00 bits per heavy atom. The molecular weight excluding hydrogens is 436 g/mol.